The number of aromatic nitrogens is 2. The summed E-state index contributed by atoms with van der Waals surface area (Å²) in [5.41, 5.74) is 2.01. The van der Waals surface area contributed by atoms with E-state index in [1.807, 2.05) is 0 Å². The van der Waals surface area contributed by atoms with Crippen LogP contribution in [0.5, 0.6) is 0 Å². The van der Waals surface area contributed by atoms with Gasteiger partial charge < -0.3 is 15.6 Å². The second kappa shape index (κ2) is 7.59. The van der Waals surface area contributed by atoms with Gasteiger partial charge in [-0.1, -0.05) is 11.6 Å². The Morgan fingerprint density at radius 1 is 1.21 bits per heavy atom. The number of fused-ring (bicyclic) bond motifs is 1. The van der Waals surface area contributed by atoms with E-state index < -0.39 is 12.0 Å². The van der Waals surface area contributed by atoms with E-state index in [4.69, 9.17) is 11.6 Å². The van der Waals surface area contributed by atoms with Crippen LogP contribution in [0.15, 0.2) is 36.7 Å². The van der Waals surface area contributed by atoms with Crippen molar-refractivity contribution in [2.24, 2.45) is 0 Å². The van der Waals surface area contributed by atoms with Crippen molar-refractivity contribution < 1.29 is 18.0 Å². The predicted molar refractivity (Wildman–Crippen MR) is 106 cm³/mol. The molecular weight excluding hydrogens is 405 g/mol. The molecule has 1 aromatic carbocycles. The highest BCUT2D eigenvalue weighted by atomic mass is 35.5. The van der Waals surface area contributed by atoms with Crippen LogP contribution in [-0.2, 0) is 0 Å². The number of aromatic amines is 1. The van der Waals surface area contributed by atoms with Crippen molar-refractivity contribution in [2.75, 3.05) is 10.6 Å². The number of nitrogens with one attached hydrogen (secondary N) is 3. The van der Waals surface area contributed by atoms with E-state index in [1.54, 1.807) is 18.3 Å². The van der Waals surface area contributed by atoms with E-state index in [-0.39, 0.29) is 24.6 Å². The van der Waals surface area contributed by atoms with Crippen LogP contribution in [0.3, 0.4) is 0 Å². The molecule has 1 saturated carbocycles. The van der Waals surface area contributed by atoms with E-state index in [0.29, 0.717) is 45.8 Å². The summed E-state index contributed by atoms with van der Waals surface area (Å²) in [6, 6.07) is 5.25. The van der Waals surface area contributed by atoms with Crippen molar-refractivity contribution in [1.29, 1.82) is 0 Å². The zero-order chi connectivity index (χ0) is 20.6. The highest BCUT2D eigenvalue weighted by Gasteiger charge is 2.36. The number of carbonyl (C=O) groups is 1. The smallest absolute Gasteiger partial charge is 0.323 e. The van der Waals surface area contributed by atoms with E-state index in [1.165, 1.54) is 18.3 Å². The fourth-order valence-corrected chi connectivity index (χ4v) is 3.94. The maximum atomic E-state index is 13.3. The molecular formula is C20H18ClF3N4O. The summed E-state index contributed by atoms with van der Waals surface area (Å²) in [6.07, 6.45) is 3.33. The molecule has 2 heterocycles. The van der Waals surface area contributed by atoms with Crippen LogP contribution in [-0.4, -0.2) is 21.9 Å². The van der Waals surface area contributed by atoms with Gasteiger partial charge in [0.1, 0.15) is 5.82 Å². The number of alkyl halides is 2. The van der Waals surface area contributed by atoms with Gasteiger partial charge in [0.15, 0.2) is 0 Å². The maximum Gasteiger partial charge on any atom is 0.323 e. The molecule has 29 heavy (non-hydrogen) atoms. The summed E-state index contributed by atoms with van der Waals surface area (Å²) >= 11 is 6.29. The minimum atomic E-state index is -2.61. The number of anilines is 2. The molecule has 0 bridgehead atoms. The first-order valence-electron chi connectivity index (χ1n) is 9.19. The van der Waals surface area contributed by atoms with E-state index >= 15 is 0 Å². The van der Waals surface area contributed by atoms with Crippen LogP contribution in [0, 0.1) is 5.82 Å². The Bertz CT molecular complexity index is 1060. The zero-order valence-electron chi connectivity index (χ0n) is 15.2. The van der Waals surface area contributed by atoms with Crippen LogP contribution in [0.4, 0.5) is 29.3 Å². The van der Waals surface area contributed by atoms with Gasteiger partial charge in [0, 0.05) is 30.3 Å². The van der Waals surface area contributed by atoms with Crippen molar-refractivity contribution in [3.8, 4) is 0 Å². The highest BCUT2D eigenvalue weighted by molar-refractivity contribution is 6.31. The van der Waals surface area contributed by atoms with Gasteiger partial charge in [0.2, 0.25) is 5.92 Å². The summed E-state index contributed by atoms with van der Waals surface area (Å²) in [4.78, 5) is 19.5. The number of H-pyrrole nitrogens is 1. The molecule has 0 saturated heterocycles. The minimum absolute atomic E-state index is 0.114. The number of hydrogen-bond donors (Lipinski definition) is 3. The molecule has 5 nitrogen and oxygen atoms in total. The molecule has 3 aromatic rings. The summed E-state index contributed by atoms with van der Waals surface area (Å²) in [5.74, 6) is -3.11. The molecule has 2 aromatic heterocycles. The molecule has 9 heteroatoms. The fraction of sp³-hybridized carbons (Fsp3) is 0.300. The summed E-state index contributed by atoms with van der Waals surface area (Å²) in [5, 5.41) is 6.32. The van der Waals surface area contributed by atoms with E-state index in [9.17, 15) is 18.0 Å². The quantitative estimate of drug-likeness (QED) is 0.464. The Morgan fingerprint density at radius 2 is 1.97 bits per heavy atom. The van der Waals surface area contributed by atoms with Gasteiger partial charge in [-0.15, -0.1) is 0 Å². The molecule has 0 spiro atoms. The normalized spacial score (nSPS) is 16.7. The monoisotopic (exact) mass is 422 g/mol. The lowest BCUT2D eigenvalue weighted by Gasteiger charge is -2.28. The van der Waals surface area contributed by atoms with Gasteiger partial charge in [-0.2, -0.15) is 0 Å². The first-order valence-corrected chi connectivity index (χ1v) is 9.56. The van der Waals surface area contributed by atoms with Crippen molar-refractivity contribution in [2.45, 2.75) is 37.5 Å². The van der Waals surface area contributed by atoms with Crippen LogP contribution in [0.2, 0.25) is 5.02 Å². The molecule has 1 aliphatic rings. The van der Waals surface area contributed by atoms with Crippen LogP contribution in [0.1, 0.15) is 37.3 Å². The Balaban J connectivity index is 1.42. The van der Waals surface area contributed by atoms with Crippen molar-refractivity contribution in [1.82, 2.24) is 9.97 Å². The van der Waals surface area contributed by atoms with Crippen LogP contribution < -0.4 is 10.6 Å². The average Bonchev–Trinajstić information content (AvgIpc) is 3.04. The lowest BCUT2D eigenvalue weighted by atomic mass is 9.84. The first kappa shape index (κ1) is 19.6. The van der Waals surface area contributed by atoms with Gasteiger partial charge in [0.05, 0.1) is 33.8 Å². The number of rotatable bonds is 3. The Labute approximate surface area is 169 Å². The maximum absolute atomic E-state index is 13.3. The van der Waals surface area contributed by atoms with Crippen molar-refractivity contribution in [3.05, 3.63) is 53.2 Å². The van der Waals surface area contributed by atoms with Gasteiger partial charge in [-0.3, -0.25) is 4.98 Å². The zero-order valence-corrected chi connectivity index (χ0v) is 16.0. The van der Waals surface area contributed by atoms with Gasteiger partial charge in [-0.25, -0.2) is 18.0 Å². The lowest BCUT2D eigenvalue weighted by Crippen LogP contribution is -2.24. The third kappa shape index (κ3) is 4.32. The summed E-state index contributed by atoms with van der Waals surface area (Å²) < 4.78 is 40.0. The third-order valence-electron chi connectivity index (χ3n) is 5.12. The summed E-state index contributed by atoms with van der Waals surface area (Å²) in [6.45, 7) is 0. The standard InChI is InChI=1S/C20H18ClF3N4O/c21-15-8-13(9-26-18(15)11-3-5-20(23,24)6-4-11)27-19(29)28-17-10-25-16-7-12(22)1-2-14(16)17/h1-2,7-11,25H,3-6H2,(H2,27,28,29). The third-order valence-corrected chi connectivity index (χ3v) is 5.43. The van der Waals surface area contributed by atoms with Crippen LogP contribution in [0.25, 0.3) is 10.9 Å². The SMILES string of the molecule is O=C(Nc1cnc(C2CCC(F)(F)CC2)c(Cl)c1)Nc1c[nH]c2cc(F)ccc12. The fourth-order valence-electron chi connectivity index (χ4n) is 3.62. The molecule has 1 aliphatic carbocycles. The van der Waals surface area contributed by atoms with Crippen LogP contribution >= 0.6 is 11.6 Å². The Kier molecular flexibility index (Phi) is 5.12. The van der Waals surface area contributed by atoms with Crippen molar-refractivity contribution >= 4 is 39.9 Å². The number of pyridine rings is 1. The molecule has 0 atom stereocenters. The number of urea groups is 1. The van der Waals surface area contributed by atoms with E-state index in [2.05, 4.69) is 20.6 Å². The number of hydrogen-bond acceptors (Lipinski definition) is 2. The number of nitrogens with zero attached hydrogens (tertiary/aromatic N) is 1. The Hall–Kier alpha value is -2.74. The van der Waals surface area contributed by atoms with Crippen molar-refractivity contribution in [3.63, 3.8) is 0 Å². The average molecular weight is 423 g/mol. The van der Waals surface area contributed by atoms with E-state index in [0.717, 1.165) is 0 Å². The molecule has 3 N–H and O–H groups in total. The topological polar surface area (TPSA) is 69.8 Å². The van der Waals surface area contributed by atoms with Gasteiger partial charge in [0.25, 0.3) is 0 Å². The number of benzene rings is 1. The minimum Gasteiger partial charge on any atom is -0.359 e. The molecule has 4 rings (SSSR count). The summed E-state index contributed by atoms with van der Waals surface area (Å²) in [7, 11) is 0. The molecule has 152 valence electrons. The highest BCUT2D eigenvalue weighted by Crippen LogP contribution is 2.42. The second-order valence-electron chi connectivity index (χ2n) is 7.19. The Morgan fingerprint density at radius 3 is 2.69 bits per heavy atom. The largest absolute Gasteiger partial charge is 0.359 e. The molecule has 0 radical (unpaired) electrons. The second-order valence-corrected chi connectivity index (χ2v) is 7.60. The van der Waals surface area contributed by atoms with Gasteiger partial charge >= 0.3 is 6.03 Å². The van der Waals surface area contributed by atoms with Gasteiger partial charge in [-0.05, 0) is 37.1 Å². The number of amides is 2. The molecule has 0 aliphatic heterocycles. The molecule has 2 amide bonds. The number of carbonyl (C=O) groups excluding carboxylic acids is 1. The lowest BCUT2D eigenvalue weighted by molar-refractivity contribution is -0.0384. The molecule has 0 unspecified atom stereocenters. The molecule has 1 fully saturated rings. The number of halogens is 4. The first-order chi connectivity index (χ1) is 13.8. The predicted octanol–water partition coefficient (Wildman–Crippen LogP) is 6.29.